The maximum absolute atomic E-state index is 13.1. The van der Waals surface area contributed by atoms with E-state index in [-0.39, 0.29) is 42.7 Å². The summed E-state index contributed by atoms with van der Waals surface area (Å²) in [6.45, 7) is 1.88. The van der Waals surface area contributed by atoms with Crippen molar-refractivity contribution in [2.24, 2.45) is 17.8 Å². The number of Topliss-reactive ketones (excluding diaryl/α,β-unsaturated/α-hetero) is 1. The third-order valence-electron chi connectivity index (χ3n) is 8.83. The molecular formula is C29H30N3O8S2+. The molecule has 3 saturated heterocycles. The van der Waals surface area contributed by atoms with Crippen molar-refractivity contribution in [2.75, 3.05) is 25.1 Å². The predicted molar refractivity (Wildman–Crippen MR) is 153 cm³/mol. The Bertz CT molecular complexity index is 1470. The number of hydrogen-bond donors (Lipinski definition) is 1. The number of fused-ring (bicyclic) bond motifs is 6. The number of ketones is 1. The Hall–Kier alpha value is -3.29. The van der Waals surface area contributed by atoms with Gasteiger partial charge in [0.2, 0.25) is 17.7 Å². The smallest absolute Gasteiger partial charge is 0.352 e. The number of rotatable bonds is 11. The van der Waals surface area contributed by atoms with Crippen molar-refractivity contribution in [1.29, 1.82) is 0 Å². The molecule has 5 aliphatic heterocycles. The second kappa shape index (κ2) is 10.8. The first kappa shape index (κ1) is 28.8. The van der Waals surface area contributed by atoms with E-state index in [0.29, 0.717) is 29.2 Å². The molecule has 3 amide bonds. The lowest BCUT2D eigenvalue weighted by Gasteiger charge is -2.49. The summed E-state index contributed by atoms with van der Waals surface area (Å²) < 4.78 is 6.71. The van der Waals surface area contributed by atoms with Crippen LogP contribution in [0.2, 0.25) is 0 Å². The number of hydrogen-bond acceptors (Lipinski definition) is 9. The largest absolute Gasteiger partial charge is 0.477 e. The van der Waals surface area contributed by atoms with Crippen LogP contribution >= 0.6 is 23.5 Å². The number of aliphatic carboxylic acids is 1. The quantitative estimate of drug-likeness (QED) is 0.130. The molecule has 1 N–H and O–H groups in total. The Morgan fingerprint density at radius 1 is 1.17 bits per heavy atom. The van der Waals surface area contributed by atoms with Gasteiger partial charge in [-0.05, 0) is 24.1 Å². The number of carbonyl (C=O) groups is 5. The molecule has 0 radical (unpaired) electrons. The number of benzene rings is 1. The summed E-state index contributed by atoms with van der Waals surface area (Å²) in [6.07, 6.45) is 3.76. The minimum absolute atomic E-state index is 0.0355. The second-order valence-electron chi connectivity index (χ2n) is 11.1. The molecule has 0 spiro atoms. The van der Waals surface area contributed by atoms with Crippen molar-refractivity contribution in [2.45, 2.75) is 48.2 Å². The minimum Gasteiger partial charge on any atom is -0.477 e. The number of imide groups is 1. The molecule has 6 unspecified atom stereocenters. The molecule has 5 aliphatic rings. The number of nitrogens with zero attached hydrogens (tertiary/aromatic N) is 3. The van der Waals surface area contributed by atoms with Gasteiger partial charge >= 0.3 is 5.97 Å². The summed E-state index contributed by atoms with van der Waals surface area (Å²) in [6, 6.07) is 6.95. The molecule has 2 bridgehead atoms. The van der Waals surface area contributed by atoms with Crippen LogP contribution in [0.15, 0.2) is 52.6 Å². The molecule has 5 heterocycles. The van der Waals surface area contributed by atoms with Crippen LogP contribution in [-0.4, -0.2) is 91.3 Å². The fraction of sp³-hybridized carbons (Fsp3) is 0.483. The highest BCUT2D eigenvalue weighted by atomic mass is 32.2. The van der Waals surface area contributed by atoms with Gasteiger partial charge in [-0.2, -0.15) is 0 Å². The zero-order valence-corrected chi connectivity index (χ0v) is 24.7. The Morgan fingerprint density at radius 3 is 2.57 bits per heavy atom. The first-order valence-electron chi connectivity index (χ1n) is 13.8. The Labute approximate surface area is 250 Å². The van der Waals surface area contributed by atoms with E-state index < -0.39 is 46.7 Å². The van der Waals surface area contributed by atoms with E-state index in [1.165, 1.54) is 40.4 Å². The number of carboxylic acids is 1. The van der Waals surface area contributed by atoms with Gasteiger partial charge < -0.3 is 9.84 Å². The van der Waals surface area contributed by atoms with E-state index in [2.05, 4.69) is 0 Å². The molecule has 0 saturated carbocycles. The van der Waals surface area contributed by atoms with E-state index in [1.54, 1.807) is 24.3 Å². The van der Waals surface area contributed by atoms with Gasteiger partial charge in [-0.15, -0.1) is 23.5 Å². The van der Waals surface area contributed by atoms with Crippen molar-refractivity contribution in [1.82, 2.24) is 9.80 Å². The summed E-state index contributed by atoms with van der Waals surface area (Å²) in [7, 11) is 1.41. The van der Waals surface area contributed by atoms with Gasteiger partial charge in [-0.3, -0.25) is 29.0 Å². The van der Waals surface area contributed by atoms with Gasteiger partial charge in [0.1, 0.15) is 11.5 Å². The van der Waals surface area contributed by atoms with Gasteiger partial charge in [-0.25, -0.2) is 4.79 Å². The van der Waals surface area contributed by atoms with Crippen LogP contribution in [0.4, 0.5) is 5.69 Å². The molecular weight excluding hydrogens is 582 g/mol. The summed E-state index contributed by atoms with van der Waals surface area (Å²) in [5, 5.41) is 9.50. The van der Waals surface area contributed by atoms with Gasteiger partial charge in [0, 0.05) is 57.6 Å². The summed E-state index contributed by atoms with van der Waals surface area (Å²) >= 11 is 2.85. The average molecular weight is 613 g/mol. The number of amides is 3. The van der Waals surface area contributed by atoms with Crippen LogP contribution in [0, 0.1) is 22.7 Å². The summed E-state index contributed by atoms with van der Waals surface area (Å²) in [5.74, 6) is -3.46. The number of β-lactam (4-membered cyclic amide) rings is 1. The summed E-state index contributed by atoms with van der Waals surface area (Å²) in [5.41, 5.74) is 0.335. The fourth-order valence-electron chi connectivity index (χ4n) is 6.63. The zero-order chi connectivity index (χ0) is 29.9. The Kier molecular flexibility index (Phi) is 7.38. The zero-order valence-electron chi connectivity index (χ0n) is 23.1. The van der Waals surface area contributed by atoms with Crippen LogP contribution < -0.4 is 0 Å². The lowest BCUT2D eigenvalue weighted by molar-refractivity contribution is -0.428. The average Bonchev–Trinajstić information content (AvgIpc) is 3.63. The van der Waals surface area contributed by atoms with E-state index in [0.717, 1.165) is 9.66 Å². The first-order valence-corrected chi connectivity index (χ1v) is 15.9. The number of ether oxygens (including phenoxy) is 1. The molecule has 6 atom stereocenters. The van der Waals surface area contributed by atoms with Crippen LogP contribution in [0.3, 0.4) is 0 Å². The fourth-order valence-corrected chi connectivity index (χ4v) is 9.08. The Morgan fingerprint density at radius 2 is 1.90 bits per heavy atom. The number of likely N-dealkylation sites (tertiary alicyclic amines) is 1. The lowest BCUT2D eigenvalue weighted by atomic mass is 9.76. The van der Waals surface area contributed by atoms with Crippen molar-refractivity contribution in [3.05, 3.63) is 52.6 Å². The maximum Gasteiger partial charge on any atom is 0.352 e. The topological polar surface area (TPSA) is 141 Å². The molecule has 1 aromatic rings. The second-order valence-corrected chi connectivity index (χ2v) is 13.3. The Balaban J connectivity index is 1.06. The molecule has 220 valence electrons. The molecule has 13 heteroatoms. The van der Waals surface area contributed by atoms with Crippen molar-refractivity contribution in [3.8, 4) is 0 Å². The van der Waals surface area contributed by atoms with Crippen LogP contribution in [0.25, 0.3) is 0 Å². The molecule has 0 aromatic heterocycles. The van der Waals surface area contributed by atoms with E-state index in [4.69, 9.17) is 4.74 Å². The third-order valence-corrected chi connectivity index (χ3v) is 11.3. The van der Waals surface area contributed by atoms with E-state index in [9.17, 15) is 34.0 Å². The molecule has 11 nitrogen and oxygen atoms in total. The van der Waals surface area contributed by atoms with Crippen LogP contribution in [0.5, 0.6) is 0 Å². The lowest BCUT2D eigenvalue weighted by Crippen LogP contribution is -2.62. The monoisotopic (exact) mass is 612 g/mol. The number of nitroso groups, excluding NO2 is 1. The maximum atomic E-state index is 13.1. The number of carbonyl (C=O) groups excluding carboxylic acids is 4. The number of thioether (sulfide) groups is 2. The van der Waals surface area contributed by atoms with Gasteiger partial charge in [0.15, 0.2) is 7.05 Å². The minimum atomic E-state index is -1.19. The molecule has 1 aromatic carbocycles. The molecule has 3 fully saturated rings. The third kappa shape index (κ3) is 4.53. The SMILES string of the molecule is CCC12C=CC(O1)C1C(=O)N(CCC(=O)CC3C(=O)N4C(C(=O)O)=C(CSc5ccc([N+](C)=O)cc5)CSC34)C(=O)C12. The van der Waals surface area contributed by atoms with E-state index in [1.807, 2.05) is 19.1 Å². The molecule has 42 heavy (non-hydrogen) atoms. The normalized spacial score (nSPS) is 31.0. The molecule has 0 aliphatic carbocycles. The summed E-state index contributed by atoms with van der Waals surface area (Å²) in [4.78, 5) is 79.1. The van der Waals surface area contributed by atoms with E-state index >= 15 is 0 Å². The van der Waals surface area contributed by atoms with Gasteiger partial charge in [0.05, 0.1) is 34.8 Å². The highest BCUT2D eigenvalue weighted by molar-refractivity contribution is 8.01. The number of carboxylic acid groups (broad SMARTS) is 1. The molecule has 6 rings (SSSR count). The van der Waals surface area contributed by atoms with Gasteiger partial charge in [-0.1, -0.05) is 19.1 Å². The highest BCUT2D eigenvalue weighted by Crippen LogP contribution is 2.53. The predicted octanol–water partition coefficient (Wildman–Crippen LogP) is 2.76. The first-order chi connectivity index (χ1) is 20.1. The van der Waals surface area contributed by atoms with Crippen LogP contribution in [0.1, 0.15) is 26.2 Å². The standard InChI is InChI=1S/C29H29N3O8S2/c1-3-29-10-8-20(40-29)21-22(29)26(36)31(25(21)35)11-9-17(33)12-19-24(34)32-23(28(37)38)15(14-42-27(19)32)13-41-18-6-4-16(5-7-18)30(2)39/h4-8,10,19-22,27H,3,9,11-14H2,1-2H3/p+1. The highest BCUT2D eigenvalue weighted by Gasteiger charge is 2.66. The van der Waals surface area contributed by atoms with Crippen molar-refractivity contribution < 1.29 is 38.6 Å². The van der Waals surface area contributed by atoms with Crippen molar-refractivity contribution in [3.63, 3.8) is 0 Å². The van der Waals surface area contributed by atoms with Crippen LogP contribution in [-0.2, 0) is 28.7 Å². The van der Waals surface area contributed by atoms with Gasteiger partial charge in [0.25, 0.3) is 5.69 Å². The van der Waals surface area contributed by atoms with Crippen molar-refractivity contribution >= 4 is 58.7 Å².